The monoisotopic (exact) mass is 322 g/mol. The van der Waals surface area contributed by atoms with Crippen molar-refractivity contribution < 1.29 is 9.18 Å². The van der Waals surface area contributed by atoms with Crippen LogP contribution in [0.3, 0.4) is 0 Å². The summed E-state index contributed by atoms with van der Waals surface area (Å²) in [4.78, 5) is 20.5. The van der Waals surface area contributed by atoms with Gasteiger partial charge in [0.15, 0.2) is 0 Å². The number of aromatic nitrogens is 2. The van der Waals surface area contributed by atoms with E-state index in [1.165, 1.54) is 36.5 Å². The quantitative estimate of drug-likeness (QED) is 0.755. The molecule has 0 aliphatic rings. The molecule has 2 aromatic carbocycles. The maximum absolute atomic E-state index is 12.9. The van der Waals surface area contributed by atoms with Crippen molar-refractivity contribution in [2.24, 2.45) is 0 Å². The largest absolute Gasteiger partial charge is 0.350 e. The van der Waals surface area contributed by atoms with Crippen LogP contribution < -0.4 is 10.6 Å². The van der Waals surface area contributed by atoms with E-state index in [1.54, 1.807) is 0 Å². The summed E-state index contributed by atoms with van der Waals surface area (Å²) >= 11 is 0. The molecule has 24 heavy (non-hydrogen) atoms. The molecule has 3 rings (SSSR count). The van der Waals surface area contributed by atoms with Crippen LogP contribution in [0.25, 0.3) is 0 Å². The molecular weight excluding hydrogens is 307 g/mol. The minimum atomic E-state index is -0.383. The van der Waals surface area contributed by atoms with Crippen molar-refractivity contribution in [3.05, 3.63) is 83.9 Å². The Morgan fingerprint density at radius 2 is 1.75 bits per heavy atom. The summed E-state index contributed by atoms with van der Waals surface area (Å²) in [6.07, 6.45) is 1.51. The molecule has 0 saturated heterocycles. The summed E-state index contributed by atoms with van der Waals surface area (Å²) in [6.45, 7) is 0.559. The molecular formula is C18H15FN4O. The minimum Gasteiger partial charge on any atom is -0.350 e. The summed E-state index contributed by atoms with van der Waals surface area (Å²) in [7, 11) is 0. The third-order valence-corrected chi connectivity index (χ3v) is 3.28. The fourth-order valence-corrected chi connectivity index (χ4v) is 2.08. The second-order valence-corrected chi connectivity index (χ2v) is 5.07. The van der Waals surface area contributed by atoms with E-state index < -0.39 is 0 Å². The zero-order valence-electron chi connectivity index (χ0n) is 12.7. The van der Waals surface area contributed by atoms with Crippen molar-refractivity contribution in [2.45, 2.75) is 6.54 Å². The Bertz CT molecular complexity index is 822. The molecule has 0 fully saturated rings. The number of nitrogens with zero attached hydrogens (tertiary/aromatic N) is 2. The minimum absolute atomic E-state index is 0.227. The molecule has 1 aromatic heterocycles. The lowest BCUT2D eigenvalue weighted by Crippen LogP contribution is -2.15. The summed E-state index contributed by atoms with van der Waals surface area (Å²) in [5.74, 6) is -0.375. The number of rotatable bonds is 5. The van der Waals surface area contributed by atoms with Crippen LogP contribution in [0.2, 0.25) is 0 Å². The highest BCUT2D eigenvalue weighted by atomic mass is 19.1. The lowest BCUT2D eigenvalue weighted by Gasteiger charge is -2.07. The number of anilines is 2. The number of nitrogens with one attached hydrogen (secondary N) is 2. The number of hydrogen-bond acceptors (Lipinski definition) is 4. The first kappa shape index (κ1) is 15.6. The highest BCUT2D eigenvalue weighted by molar-refractivity contribution is 6.02. The molecule has 0 bridgehead atoms. The van der Waals surface area contributed by atoms with Crippen LogP contribution in [-0.2, 0) is 6.54 Å². The molecule has 1 amide bonds. The summed E-state index contributed by atoms with van der Waals surface area (Å²) in [6, 6.07) is 16.9. The van der Waals surface area contributed by atoms with Gasteiger partial charge in [-0.05, 0) is 35.9 Å². The van der Waals surface area contributed by atoms with Gasteiger partial charge in [0.05, 0.1) is 0 Å². The molecule has 0 saturated carbocycles. The van der Waals surface area contributed by atoms with Crippen LogP contribution in [-0.4, -0.2) is 15.9 Å². The summed E-state index contributed by atoms with van der Waals surface area (Å²) in [5, 5.41) is 5.74. The van der Waals surface area contributed by atoms with Gasteiger partial charge in [0.25, 0.3) is 5.91 Å². The maximum atomic E-state index is 12.9. The van der Waals surface area contributed by atoms with Crippen LogP contribution in [0, 0.1) is 5.82 Å². The fraction of sp³-hybridized carbons (Fsp3) is 0.0556. The number of hydrogen-bond donors (Lipinski definition) is 2. The van der Waals surface area contributed by atoms with Gasteiger partial charge >= 0.3 is 0 Å². The van der Waals surface area contributed by atoms with Crippen molar-refractivity contribution in [3.8, 4) is 0 Å². The van der Waals surface area contributed by atoms with Crippen molar-refractivity contribution in [2.75, 3.05) is 10.6 Å². The highest BCUT2D eigenvalue weighted by Crippen LogP contribution is 2.11. The van der Waals surface area contributed by atoms with Gasteiger partial charge in [-0.2, -0.15) is 0 Å². The SMILES string of the molecule is O=C(Nc1ccc(F)cc1)c1ccnc(NCc2ccccc2)n1. The predicted octanol–water partition coefficient (Wildman–Crippen LogP) is 3.48. The van der Waals surface area contributed by atoms with Gasteiger partial charge in [-0.25, -0.2) is 14.4 Å². The highest BCUT2D eigenvalue weighted by Gasteiger charge is 2.09. The summed E-state index contributed by atoms with van der Waals surface area (Å²) in [5.41, 5.74) is 1.81. The molecule has 0 atom stereocenters. The van der Waals surface area contributed by atoms with Crippen molar-refractivity contribution >= 4 is 17.5 Å². The van der Waals surface area contributed by atoms with E-state index in [-0.39, 0.29) is 17.4 Å². The van der Waals surface area contributed by atoms with Crippen molar-refractivity contribution in [1.29, 1.82) is 0 Å². The second-order valence-electron chi connectivity index (χ2n) is 5.07. The number of benzene rings is 2. The second kappa shape index (κ2) is 7.32. The molecule has 0 unspecified atom stereocenters. The Hall–Kier alpha value is -3.28. The van der Waals surface area contributed by atoms with Gasteiger partial charge in [0, 0.05) is 18.4 Å². The molecule has 3 aromatic rings. The van der Waals surface area contributed by atoms with Gasteiger partial charge in [0.2, 0.25) is 5.95 Å². The molecule has 0 spiro atoms. The van der Waals surface area contributed by atoms with E-state index in [1.807, 2.05) is 30.3 Å². The van der Waals surface area contributed by atoms with Crippen LogP contribution in [0.15, 0.2) is 66.9 Å². The first-order chi connectivity index (χ1) is 11.7. The molecule has 2 N–H and O–H groups in total. The zero-order chi connectivity index (χ0) is 16.8. The number of amides is 1. The van der Waals surface area contributed by atoms with Gasteiger partial charge in [-0.1, -0.05) is 30.3 Å². The van der Waals surface area contributed by atoms with E-state index in [0.717, 1.165) is 5.56 Å². The normalized spacial score (nSPS) is 10.2. The molecule has 0 radical (unpaired) electrons. The number of carbonyl (C=O) groups is 1. The number of carbonyl (C=O) groups excluding carboxylic acids is 1. The van der Waals surface area contributed by atoms with E-state index in [9.17, 15) is 9.18 Å². The van der Waals surface area contributed by atoms with E-state index in [0.29, 0.717) is 18.2 Å². The third-order valence-electron chi connectivity index (χ3n) is 3.28. The van der Waals surface area contributed by atoms with Gasteiger partial charge in [-0.15, -0.1) is 0 Å². The summed E-state index contributed by atoms with van der Waals surface area (Å²) < 4.78 is 12.9. The van der Waals surface area contributed by atoms with E-state index >= 15 is 0 Å². The molecule has 0 aliphatic carbocycles. The first-order valence-corrected chi connectivity index (χ1v) is 7.38. The van der Waals surface area contributed by atoms with Crippen molar-refractivity contribution in [1.82, 2.24) is 9.97 Å². The number of halogens is 1. The Morgan fingerprint density at radius 1 is 1.00 bits per heavy atom. The Morgan fingerprint density at radius 3 is 2.50 bits per heavy atom. The zero-order valence-corrected chi connectivity index (χ0v) is 12.7. The van der Waals surface area contributed by atoms with Gasteiger partial charge in [0.1, 0.15) is 11.5 Å². The lowest BCUT2D eigenvalue weighted by atomic mass is 10.2. The molecule has 6 heteroatoms. The van der Waals surface area contributed by atoms with Crippen LogP contribution in [0.4, 0.5) is 16.0 Å². The van der Waals surface area contributed by atoms with Gasteiger partial charge in [-0.3, -0.25) is 4.79 Å². The van der Waals surface area contributed by atoms with Crippen LogP contribution in [0.5, 0.6) is 0 Å². The van der Waals surface area contributed by atoms with Crippen LogP contribution in [0.1, 0.15) is 16.1 Å². The van der Waals surface area contributed by atoms with E-state index in [2.05, 4.69) is 20.6 Å². The molecule has 120 valence electrons. The topological polar surface area (TPSA) is 66.9 Å². The molecule has 5 nitrogen and oxygen atoms in total. The average Bonchev–Trinajstić information content (AvgIpc) is 2.63. The van der Waals surface area contributed by atoms with E-state index in [4.69, 9.17) is 0 Å². The fourth-order valence-electron chi connectivity index (χ4n) is 2.08. The predicted molar refractivity (Wildman–Crippen MR) is 90.2 cm³/mol. The lowest BCUT2D eigenvalue weighted by molar-refractivity contribution is 0.102. The first-order valence-electron chi connectivity index (χ1n) is 7.38. The van der Waals surface area contributed by atoms with Gasteiger partial charge < -0.3 is 10.6 Å². The standard InChI is InChI=1S/C18H15FN4O/c19-14-6-8-15(9-7-14)22-17(24)16-10-11-20-18(23-16)21-12-13-4-2-1-3-5-13/h1-11H,12H2,(H,22,24)(H,20,21,23). The smallest absolute Gasteiger partial charge is 0.274 e. The maximum Gasteiger partial charge on any atom is 0.274 e. The van der Waals surface area contributed by atoms with Crippen molar-refractivity contribution in [3.63, 3.8) is 0 Å². The Balaban J connectivity index is 1.65. The van der Waals surface area contributed by atoms with Crippen LogP contribution >= 0.6 is 0 Å². The Labute approximate surface area is 138 Å². The Kier molecular flexibility index (Phi) is 4.76. The molecule has 0 aliphatic heterocycles. The molecule has 1 heterocycles. The third kappa shape index (κ3) is 4.13. The average molecular weight is 322 g/mol.